The third kappa shape index (κ3) is 4.68. The van der Waals surface area contributed by atoms with Crippen LogP contribution in [-0.2, 0) is 0 Å². The minimum Gasteiger partial charge on any atom is -0.295 e. The third-order valence-electron chi connectivity index (χ3n) is 4.40. The maximum Gasteiger partial charge on any atom is 0.145 e. The summed E-state index contributed by atoms with van der Waals surface area (Å²) in [6.07, 6.45) is 0. The molecule has 0 heterocycles. The second-order valence-corrected chi connectivity index (χ2v) is 7.30. The first-order valence-electron chi connectivity index (χ1n) is 9.21. The highest BCUT2D eigenvalue weighted by atomic mass is 35.5. The summed E-state index contributed by atoms with van der Waals surface area (Å²) in [6.45, 7) is 0. The SMILES string of the molecule is Clc1ccc(N=C(c2ccccc2)N(c2ccccc2)c2ccc(Cl)cc2)cc1. The van der Waals surface area contributed by atoms with Crippen LogP contribution in [0.3, 0.4) is 0 Å². The van der Waals surface area contributed by atoms with Crippen molar-refractivity contribution < 1.29 is 0 Å². The molecule has 0 aliphatic carbocycles. The van der Waals surface area contributed by atoms with Crippen molar-refractivity contribution in [3.63, 3.8) is 0 Å². The predicted octanol–water partition coefficient (Wildman–Crippen LogP) is 7.91. The molecular weight excluding hydrogens is 399 g/mol. The zero-order chi connectivity index (χ0) is 20.1. The van der Waals surface area contributed by atoms with Crippen molar-refractivity contribution in [2.24, 2.45) is 4.99 Å². The lowest BCUT2D eigenvalue weighted by atomic mass is 10.1. The lowest BCUT2D eigenvalue weighted by Crippen LogP contribution is -2.26. The maximum absolute atomic E-state index is 6.14. The van der Waals surface area contributed by atoms with Gasteiger partial charge in [-0.3, -0.25) is 4.90 Å². The average molecular weight is 417 g/mol. The lowest BCUT2D eigenvalue weighted by molar-refractivity contribution is 1.31. The molecule has 4 aromatic carbocycles. The van der Waals surface area contributed by atoms with E-state index >= 15 is 0 Å². The Hall–Kier alpha value is -3.07. The molecule has 0 spiro atoms. The van der Waals surface area contributed by atoms with Crippen LogP contribution in [0.25, 0.3) is 0 Å². The number of para-hydroxylation sites is 1. The fourth-order valence-electron chi connectivity index (χ4n) is 3.03. The molecule has 0 bridgehead atoms. The highest BCUT2D eigenvalue weighted by Crippen LogP contribution is 2.30. The van der Waals surface area contributed by atoms with Gasteiger partial charge in [0.25, 0.3) is 0 Å². The van der Waals surface area contributed by atoms with Crippen molar-refractivity contribution >= 4 is 46.1 Å². The summed E-state index contributed by atoms with van der Waals surface area (Å²) in [6, 6.07) is 35.6. The maximum atomic E-state index is 6.14. The predicted molar refractivity (Wildman–Crippen MR) is 124 cm³/mol. The van der Waals surface area contributed by atoms with Crippen LogP contribution in [0.2, 0.25) is 10.0 Å². The molecule has 142 valence electrons. The molecule has 0 atom stereocenters. The molecule has 0 aliphatic heterocycles. The molecular formula is C25H18Cl2N2. The third-order valence-corrected chi connectivity index (χ3v) is 4.91. The van der Waals surface area contributed by atoms with Crippen LogP contribution in [0.4, 0.5) is 17.1 Å². The zero-order valence-corrected chi connectivity index (χ0v) is 17.1. The smallest absolute Gasteiger partial charge is 0.145 e. The molecule has 0 aromatic heterocycles. The van der Waals surface area contributed by atoms with Crippen LogP contribution in [-0.4, -0.2) is 5.84 Å². The number of rotatable bonds is 4. The van der Waals surface area contributed by atoms with Crippen LogP contribution in [0.1, 0.15) is 5.56 Å². The Morgan fingerprint density at radius 3 is 1.62 bits per heavy atom. The Labute approximate surface area is 180 Å². The number of hydrogen-bond acceptors (Lipinski definition) is 1. The van der Waals surface area contributed by atoms with Gasteiger partial charge < -0.3 is 0 Å². The van der Waals surface area contributed by atoms with Crippen LogP contribution in [0.15, 0.2) is 114 Å². The fourth-order valence-corrected chi connectivity index (χ4v) is 3.28. The molecule has 4 rings (SSSR count). The van der Waals surface area contributed by atoms with Crippen molar-refractivity contribution in [1.29, 1.82) is 0 Å². The van der Waals surface area contributed by atoms with Gasteiger partial charge in [-0.2, -0.15) is 0 Å². The number of halogens is 2. The summed E-state index contributed by atoms with van der Waals surface area (Å²) in [5, 5.41) is 1.38. The minimum atomic E-state index is 0.683. The van der Waals surface area contributed by atoms with Gasteiger partial charge in [-0.05, 0) is 60.7 Å². The quantitative estimate of drug-likeness (QED) is 0.243. The second kappa shape index (κ2) is 8.95. The molecule has 4 heteroatoms. The lowest BCUT2D eigenvalue weighted by Gasteiger charge is -2.27. The van der Waals surface area contributed by atoms with E-state index in [4.69, 9.17) is 28.2 Å². The summed E-state index contributed by atoms with van der Waals surface area (Å²) < 4.78 is 0. The Morgan fingerprint density at radius 1 is 0.552 bits per heavy atom. The number of nitrogens with zero attached hydrogens (tertiary/aromatic N) is 2. The van der Waals surface area contributed by atoms with E-state index in [9.17, 15) is 0 Å². The molecule has 0 saturated carbocycles. The molecule has 0 saturated heterocycles. The van der Waals surface area contributed by atoms with Gasteiger partial charge in [0, 0.05) is 27.0 Å². The normalized spacial score (nSPS) is 11.3. The van der Waals surface area contributed by atoms with Crippen molar-refractivity contribution in [2.45, 2.75) is 0 Å². The number of amidine groups is 1. The van der Waals surface area contributed by atoms with E-state index in [0.717, 1.165) is 28.5 Å². The topological polar surface area (TPSA) is 15.6 Å². The zero-order valence-electron chi connectivity index (χ0n) is 15.5. The Bertz CT molecular complexity index is 1090. The van der Waals surface area contributed by atoms with Crippen molar-refractivity contribution in [2.75, 3.05) is 4.90 Å². The van der Waals surface area contributed by atoms with E-state index in [2.05, 4.69) is 29.2 Å². The summed E-state index contributed by atoms with van der Waals surface area (Å²) >= 11 is 12.2. The molecule has 0 radical (unpaired) electrons. The van der Waals surface area contributed by atoms with E-state index in [0.29, 0.717) is 10.0 Å². The number of anilines is 2. The summed E-state index contributed by atoms with van der Waals surface area (Å²) in [5.41, 5.74) is 3.80. The van der Waals surface area contributed by atoms with Crippen LogP contribution in [0.5, 0.6) is 0 Å². The van der Waals surface area contributed by atoms with Gasteiger partial charge in [0.15, 0.2) is 0 Å². The summed E-state index contributed by atoms with van der Waals surface area (Å²) in [7, 11) is 0. The van der Waals surface area contributed by atoms with Crippen LogP contribution in [0, 0.1) is 0 Å². The van der Waals surface area contributed by atoms with Gasteiger partial charge in [0.05, 0.1) is 5.69 Å². The first-order valence-corrected chi connectivity index (χ1v) is 9.97. The van der Waals surface area contributed by atoms with E-state index in [-0.39, 0.29) is 0 Å². The highest BCUT2D eigenvalue weighted by molar-refractivity contribution is 6.31. The first-order chi connectivity index (χ1) is 14.2. The van der Waals surface area contributed by atoms with Crippen LogP contribution < -0.4 is 4.90 Å². The standard InChI is InChI=1S/C25H18Cl2N2/c26-20-11-15-22(16-12-20)28-25(19-7-3-1-4-8-19)29(23-9-5-2-6-10-23)24-17-13-21(27)14-18-24/h1-18H. The molecule has 0 unspecified atom stereocenters. The molecule has 0 fully saturated rings. The van der Waals surface area contributed by atoms with Crippen molar-refractivity contribution in [3.05, 3.63) is 125 Å². The average Bonchev–Trinajstić information content (AvgIpc) is 2.77. The summed E-state index contributed by atoms with van der Waals surface area (Å²) in [5.74, 6) is 0.807. The number of aliphatic imine (C=N–C) groups is 1. The second-order valence-electron chi connectivity index (χ2n) is 6.43. The molecule has 4 aromatic rings. The fraction of sp³-hybridized carbons (Fsp3) is 0. The monoisotopic (exact) mass is 416 g/mol. The van der Waals surface area contributed by atoms with E-state index in [1.54, 1.807) is 0 Å². The van der Waals surface area contributed by atoms with Gasteiger partial charge in [0.2, 0.25) is 0 Å². The number of benzene rings is 4. The van der Waals surface area contributed by atoms with Gasteiger partial charge in [0.1, 0.15) is 5.84 Å². The number of hydrogen-bond donors (Lipinski definition) is 0. The van der Waals surface area contributed by atoms with Gasteiger partial charge in [-0.15, -0.1) is 0 Å². The first kappa shape index (κ1) is 19.3. The Balaban J connectivity index is 1.93. The Kier molecular flexibility index (Phi) is 5.95. The molecule has 0 aliphatic rings. The van der Waals surface area contributed by atoms with Crippen molar-refractivity contribution in [1.82, 2.24) is 0 Å². The van der Waals surface area contributed by atoms with Crippen LogP contribution >= 0.6 is 23.2 Å². The summed E-state index contributed by atoms with van der Waals surface area (Å²) in [4.78, 5) is 7.12. The van der Waals surface area contributed by atoms with E-state index < -0.39 is 0 Å². The minimum absolute atomic E-state index is 0.683. The largest absolute Gasteiger partial charge is 0.295 e. The Morgan fingerprint density at radius 2 is 1.03 bits per heavy atom. The molecule has 29 heavy (non-hydrogen) atoms. The van der Waals surface area contributed by atoms with Crippen molar-refractivity contribution in [3.8, 4) is 0 Å². The highest BCUT2D eigenvalue weighted by Gasteiger charge is 2.18. The molecule has 0 N–H and O–H groups in total. The molecule has 0 amide bonds. The van der Waals surface area contributed by atoms with E-state index in [1.807, 2.05) is 84.9 Å². The van der Waals surface area contributed by atoms with Gasteiger partial charge >= 0.3 is 0 Å². The molecule has 2 nitrogen and oxygen atoms in total. The van der Waals surface area contributed by atoms with Gasteiger partial charge in [-0.25, -0.2) is 4.99 Å². The van der Waals surface area contributed by atoms with E-state index in [1.165, 1.54) is 0 Å². The van der Waals surface area contributed by atoms with Gasteiger partial charge in [-0.1, -0.05) is 71.7 Å².